The molecule has 6 rings (SSSR count). The van der Waals surface area contributed by atoms with Crippen molar-refractivity contribution in [2.24, 2.45) is 11.8 Å². The average Bonchev–Trinajstić information content (AvgIpc) is 3.62. The lowest BCUT2D eigenvalue weighted by Crippen LogP contribution is -2.74. The molecule has 2 saturated carbocycles. The van der Waals surface area contributed by atoms with Gasteiger partial charge in [0.15, 0.2) is 0 Å². The van der Waals surface area contributed by atoms with Gasteiger partial charge in [-0.3, -0.25) is 9.69 Å². The van der Waals surface area contributed by atoms with Crippen molar-refractivity contribution >= 4 is 5.91 Å². The third kappa shape index (κ3) is 3.58. The van der Waals surface area contributed by atoms with Gasteiger partial charge in [0, 0.05) is 50.6 Å². The predicted molar refractivity (Wildman–Crippen MR) is 129 cm³/mol. The maximum Gasteiger partial charge on any atom is 0.223 e. The molecule has 7 heteroatoms. The van der Waals surface area contributed by atoms with E-state index >= 15 is 0 Å². The number of carbonyl (C=O) groups is 1. The number of aliphatic hydroxyl groups is 2. The average molecular weight is 470 g/mol. The number of phenolic OH excluding ortho intramolecular Hbond substituents is 1. The predicted octanol–water partition coefficient (Wildman–Crippen LogP) is 1.34. The van der Waals surface area contributed by atoms with Crippen molar-refractivity contribution in [3.05, 3.63) is 29.3 Å². The van der Waals surface area contributed by atoms with Crippen molar-refractivity contribution in [2.45, 2.75) is 68.1 Å². The molecule has 1 aromatic carbocycles. The Morgan fingerprint density at radius 2 is 1.88 bits per heavy atom. The van der Waals surface area contributed by atoms with E-state index in [1.807, 2.05) is 17.0 Å². The highest BCUT2D eigenvalue weighted by Gasteiger charge is 2.66. The number of hydrogen-bond donors (Lipinski definition) is 3. The zero-order valence-electron chi connectivity index (χ0n) is 20.3. The summed E-state index contributed by atoms with van der Waals surface area (Å²) in [6.07, 6.45) is 4.64. The number of carbonyl (C=O) groups excluding carboxylic acids is 1. The van der Waals surface area contributed by atoms with Crippen LogP contribution >= 0.6 is 0 Å². The lowest BCUT2D eigenvalue weighted by molar-refractivity contribution is -0.199. The van der Waals surface area contributed by atoms with Gasteiger partial charge in [0.05, 0.1) is 11.7 Å². The summed E-state index contributed by atoms with van der Waals surface area (Å²) in [5.41, 5.74) is 0.622. The lowest BCUT2D eigenvalue weighted by atomic mass is 9.47. The first-order valence-corrected chi connectivity index (χ1v) is 13.2. The topological polar surface area (TPSA) is 87.5 Å². The lowest BCUT2D eigenvalue weighted by Gasteiger charge is -2.65. The van der Waals surface area contributed by atoms with Gasteiger partial charge in [-0.25, -0.2) is 0 Å². The largest absolute Gasteiger partial charge is 0.508 e. The second-order valence-corrected chi connectivity index (χ2v) is 11.9. The van der Waals surface area contributed by atoms with Crippen LogP contribution in [-0.2, 0) is 16.6 Å². The van der Waals surface area contributed by atoms with Gasteiger partial charge in [0.2, 0.25) is 5.91 Å². The molecule has 1 aromatic rings. The van der Waals surface area contributed by atoms with E-state index in [9.17, 15) is 20.1 Å². The van der Waals surface area contributed by atoms with Gasteiger partial charge in [-0.2, -0.15) is 0 Å². The Labute approximate surface area is 202 Å². The summed E-state index contributed by atoms with van der Waals surface area (Å²) in [7, 11) is 2.08. The fourth-order valence-electron chi connectivity index (χ4n) is 7.64. The Morgan fingerprint density at radius 1 is 1.12 bits per heavy atom. The summed E-state index contributed by atoms with van der Waals surface area (Å²) < 4.78 is 0. The van der Waals surface area contributed by atoms with Gasteiger partial charge in [-0.05, 0) is 87.2 Å². The summed E-state index contributed by atoms with van der Waals surface area (Å²) in [4.78, 5) is 19.8. The number of likely N-dealkylation sites (N-methyl/N-ethyl adjacent to an activating group) is 1. The number of benzene rings is 1. The van der Waals surface area contributed by atoms with Crippen molar-refractivity contribution in [2.75, 3.05) is 46.3 Å². The number of piperidine rings is 1. The number of nitrogens with zero attached hydrogens (tertiary/aromatic N) is 3. The summed E-state index contributed by atoms with van der Waals surface area (Å²) in [5, 5.41) is 34.3. The third-order valence-corrected chi connectivity index (χ3v) is 9.83. The SMILES string of the molecule is CN1CCN(C(=O)C[C@H]2C[C@@]3(O)[C@H]4Cc5ccc(O)cc5C3(CCN4CC3CC3)CC2O)CC1. The van der Waals surface area contributed by atoms with Crippen LogP contribution in [0.4, 0.5) is 0 Å². The van der Waals surface area contributed by atoms with E-state index < -0.39 is 17.1 Å². The number of fused-ring (bicyclic) bond motifs is 1. The molecule has 3 aliphatic carbocycles. The van der Waals surface area contributed by atoms with E-state index in [4.69, 9.17) is 0 Å². The highest BCUT2D eigenvalue weighted by molar-refractivity contribution is 5.76. The molecule has 2 aliphatic heterocycles. The number of rotatable bonds is 4. The number of aliphatic hydroxyl groups excluding tert-OH is 1. The minimum atomic E-state index is -1.01. The molecular weight excluding hydrogens is 430 g/mol. The van der Waals surface area contributed by atoms with Crippen LogP contribution in [0, 0.1) is 11.8 Å². The molecule has 0 spiro atoms. The maximum absolute atomic E-state index is 13.2. The highest BCUT2D eigenvalue weighted by atomic mass is 16.3. The van der Waals surface area contributed by atoms with Gasteiger partial charge < -0.3 is 25.1 Å². The standard InChI is InChI=1S/C27H39N3O4/c1-28-8-10-29(11-9-28)25(33)13-20-15-27(34)24-12-19-4-5-21(31)14-22(19)26(27,16-23(20)32)6-7-30(24)17-18-2-3-18/h4-5,14,18,20,23-24,31-32,34H,2-3,6-13,15-17H2,1H3/t20-,23?,24+,26?,27+/m0/s1. The molecule has 0 radical (unpaired) electrons. The van der Waals surface area contributed by atoms with Crippen LogP contribution in [-0.4, -0.2) is 100.0 Å². The first-order valence-electron chi connectivity index (χ1n) is 13.2. The van der Waals surface area contributed by atoms with Crippen molar-refractivity contribution in [1.29, 1.82) is 0 Å². The highest BCUT2D eigenvalue weighted by Crippen LogP contribution is 2.60. The van der Waals surface area contributed by atoms with Crippen LogP contribution in [0.5, 0.6) is 5.75 Å². The number of amides is 1. The van der Waals surface area contributed by atoms with Crippen LogP contribution in [0.2, 0.25) is 0 Å². The molecular formula is C27H39N3O4. The van der Waals surface area contributed by atoms with E-state index in [0.29, 0.717) is 19.3 Å². The number of likely N-dealkylation sites (tertiary alicyclic amines) is 1. The molecule has 2 saturated heterocycles. The normalized spacial score (nSPS) is 38.3. The van der Waals surface area contributed by atoms with E-state index in [-0.39, 0.29) is 23.6 Å². The monoisotopic (exact) mass is 469 g/mol. The molecule has 5 atom stereocenters. The third-order valence-electron chi connectivity index (χ3n) is 9.83. The Bertz CT molecular complexity index is 959. The molecule has 2 unspecified atom stereocenters. The molecule has 186 valence electrons. The van der Waals surface area contributed by atoms with Crippen LogP contribution in [0.25, 0.3) is 0 Å². The van der Waals surface area contributed by atoms with Gasteiger partial charge in [0.25, 0.3) is 0 Å². The second kappa shape index (κ2) is 8.19. The molecule has 34 heavy (non-hydrogen) atoms. The summed E-state index contributed by atoms with van der Waals surface area (Å²) in [6.45, 7) is 5.17. The van der Waals surface area contributed by atoms with E-state index in [2.05, 4.69) is 16.8 Å². The zero-order valence-corrected chi connectivity index (χ0v) is 20.3. The molecule has 0 aromatic heterocycles. The van der Waals surface area contributed by atoms with Crippen molar-refractivity contribution in [3.8, 4) is 5.75 Å². The van der Waals surface area contributed by atoms with Crippen molar-refractivity contribution in [1.82, 2.24) is 14.7 Å². The molecule has 2 heterocycles. The fraction of sp³-hybridized carbons (Fsp3) is 0.741. The quantitative estimate of drug-likeness (QED) is 0.617. The minimum absolute atomic E-state index is 0.00682. The van der Waals surface area contributed by atoms with Crippen molar-refractivity contribution < 1.29 is 20.1 Å². The van der Waals surface area contributed by atoms with Crippen LogP contribution in [0.1, 0.15) is 49.7 Å². The number of piperazine rings is 1. The molecule has 1 amide bonds. The first kappa shape index (κ1) is 22.8. The molecule has 7 nitrogen and oxygen atoms in total. The summed E-state index contributed by atoms with van der Waals surface area (Å²) in [5.74, 6) is 0.815. The second-order valence-electron chi connectivity index (χ2n) is 11.9. The molecule has 4 fully saturated rings. The van der Waals surface area contributed by atoms with Crippen molar-refractivity contribution in [3.63, 3.8) is 0 Å². The Morgan fingerprint density at radius 3 is 2.62 bits per heavy atom. The van der Waals surface area contributed by atoms with Gasteiger partial charge >= 0.3 is 0 Å². The van der Waals surface area contributed by atoms with Gasteiger partial charge in [0.1, 0.15) is 5.75 Å². The summed E-state index contributed by atoms with van der Waals surface area (Å²) >= 11 is 0. The Hall–Kier alpha value is -1.67. The number of aromatic hydroxyl groups is 1. The molecule has 3 N–H and O–H groups in total. The van der Waals surface area contributed by atoms with E-state index in [1.54, 1.807) is 6.07 Å². The maximum atomic E-state index is 13.2. The van der Waals surface area contributed by atoms with Gasteiger partial charge in [-0.1, -0.05) is 6.07 Å². The van der Waals surface area contributed by atoms with E-state index in [0.717, 1.165) is 63.6 Å². The Balaban J connectivity index is 1.31. The van der Waals surface area contributed by atoms with Gasteiger partial charge in [-0.15, -0.1) is 0 Å². The Kier molecular flexibility index (Phi) is 5.48. The minimum Gasteiger partial charge on any atom is -0.508 e. The number of hydrogen-bond acceptors (Lipinski definition) is 6. The number of phenols is 1. The molecule has 2 bridgehead atoms. The van der Waals surface area contributed by atoms with Crippen LogP contribution < -0.4 is 0 Å². The van der Waals surface area contributed by atoms with Crippen LogP contribution in [0.3, 0.4) is 0 Å². The summed E-state index contributed by atoms with van der Waals surface area (Å²) in [6, 6.07) is 5.58. The van der Waals surface area contributed by atoms with Crippen LogP contribution in [0.15, 0.2) is 18.2 Å². The first-order chi connectivity index (χ1) is 16.3. The molecule has 5 aliphatic rings. The van der Waals surface area contributed by atoms with E-state index in [1.165, 1.54) is 18.4 Å². The zero-order chi connectivity index (χ0) is 23.7. The fourth-order valence-corrected chi connectivity index (χ4v) is 7.64. The smallest absolute Gasteiger partial charge is 0.223 e.